The SMILES string of the molecule is CC=CCC(CCCC)CCCC. The van der Waals surface area contributed by atoms with E-state index in [0.717, 1.165) is 5.92 Å². The average Bonchev–Trinajstić information content (AvgIpc) is 2.17. The van der Waals surface area contributed by atoms with Gasteiger partial charge in [-0.05, 0) is 19.3 Å². The van der Waals surface area contributed by atoms with Gasteiger partial charge in [0.2, 0.25) is 0 Å². The van der Waals surface area contributed by atoms with Crippen LogP contribution in [0.4, 0.5) is 0 Å². The Bertz CT molecular complexity index is 105. The van der Waals surface area contributed by atoms with Crippen LogP contribution in [-0.4, -0.2) is 0 Å². The average molecular weight is 182 g/mol. The van der Waals surface area contributed by atoms with Gasteiger partial charge in [0.1, 0.15) is 0 Å². The molecule has 0 N–H and O–H groups in total. The highest BCUT2D eigenvalue weighted by Gasteiger charge is 2.04. The van der Waals surface area contributed by atoms with Crippen molar-refractivity contribution in [1.29, 1.82) is 0 Å². The summed E-state index contributed by atoms with van der Waals surface area (Å²) in [6.45, 7) is 6.69. The van der Waals surface area contributed by atoms with Gasteiger partial charge in [-0.1, -0.05) is 64.5 Å². The van der Waals surface area contributed by atoms with E-state index in [2.05, 4.69) is 32.9 Å². The molecule has 0 heterocycles. The van der Waals surface area contributed by atoms with Crippen LogP contribution in [0, 0.1) is 5.92 Å². The van der Waals surface area contributed by atoms with Crippen molar-refractivity contribution in [3.8, 4) is 0 Å². The number of hydrogen-bond acceptors (Lipinski definition) is 0. The summed E-state index contributed by atoms with van der Waals surface area (Å²) in [6, 6.07) is 0. The predicted molar refractivity (Wildman–Crippen MR) is 62.0 cm³/mol. The Morgan fingerprint density at radius 2 is 1.54 bits per heavy atom. The van der Waals surface area contributed by atoms with Crippen LogP contribution in [0.25, 0.3) is 0 Å². The zero-order chi connectivity index (χ0) is 9.94. The molecule has 0 atom stereocenters. The zero-order valence-electron chi connectivity index (χ0n) is 9.68. The molecule has 0 heteroatoms. The number of unbranched alkanes of at least 4 members (excludes halogenated alkanes) is 2. The molecule has 0 fully saturated rings. The maximum atomic E-state index is 2.33. The maximum absolute atomic E-state index is 2.33. The van der Waals surface area contributed by atoms with Crippen LogP contribution in [0.3, 0.4) is 0 Å². The van der Waals surface area contributed by atoms with Crippen LogP contribution < -0.4 is 0 Å². The van der Waals surface area contributed by atoms with Crippen molar-refractivity contribution in [3.63, 3.8) is 0 Å². The highest BCUT2D eigenvalue weighted by atomic mass is 14.1. The van der Waals surface area contributed by atoms with Gasteiger partial charge in [0.05, 0.1) is 0 Å². The van der Waals surface area contributed by atoms with Crippen molar-refractivity contribution in [3.05, 3.63) is 12.2 Å². The first kappa shape index (κ1) is 12.7. The third-order valence-electron chi connectivity index (χ3n) is 2.64. The van der Waals surface area contributed by atoms with Gasteiger partial charge in [0, 0.05) is 0 Å². The highest BCUT2D eigenvalue weighted by molar-refractivity contribution is 4.80. The van der Waals surface area contributed by atoms with Gasteiger partial charge in [0.25, 0.3) is 0 Å². The lowest BCUT2D eigenvalue weighted by atomic mass is 9.93. The zero-order valence-corrected chi connectivity index (χ0v) is 9.68. The van der Waals surface area contributed by atoms with Crippen molar-refractivity contribution in [2.75, 3.05) is 0 Å². The first-order valence-electron chi connectivity index (χ1n) is 5.96. The maximum Gasteiger partial charge on any atom is -0.0322 e. The van der Waals surface area contributed by atoms with E-state index in [-0.39, 0.29) is 0 Å². The summed E-state index contributed by atoms with van der Waals surface area (Å²) in [4.78, 5) is 0. The molecule has 0 aliphatic rings. The van der Waals surface area contributed by atoms with Gasteiger partial charge in [-0.25, -0.2) is 0 Å². The van der Waals surface area contributed by atoms with E-state index >= 15 is 0 Å². The summed E-state index contributed by atoms with van der Waals surface area (Å²) in [6.07, 6.45) is 14.2. The molecule has 0 aliphatic heterocycles. The van der Waals surface area contributed by atoms with Crippen molar-refractivity contribution < 1.29 is 0 Å². The minimum Gasteiger partial charge on any atom is -0.0917 e. The number of allylic oxidation sites excluding steroid dienone is 2. The highest BCUT2D eigenvalue weighted by Crippen LogP contribution is 2.19. The normalized spacial score (nSPS) is 11.7. The van der Waals surface area contributed by atoms with Crippen molar-refractivity contribution >= 4 is 0 Å². The molecule has 0 radical (unpaired) electrons. The lowest BCUT2D eigenvalue weighted by Gasteiger charge is -2.13. The summed E-state index contributed by atoms with van der Waals surface area (Å²) < 4.78 is 0. The summed E-state index contributed by atoms with van der Waals surface area (Å²) in [5.74, 6) is 0.955. The van der Waals surface area contributed by atoms with Gasteiger partial charge < -0.3 is 0 Å². The molecule has 0 saturated carbocycles. The molecule has 0 unspecified atom stereocenters. The topological polar surface area (TPSA) is 0 Å². The van der Waals surface area contributed by atoms with Crippen LogP contribution in [0.1, 0.15) is 65.7 Å². The number of rotatable bonds is 8. The fraction of sp³-hybridized carbons (Fsp3) is 0.846. The van der Waals surface area contributed by atoms with Crippen LogP contribution >= 0.6 is 0 Å². The molecule has 13 heavy (non-hydrogen) atoms. The molecular formula is C13H26. The summed E-state index contributed by atoms with van der Waals surface area (Å²) >= 11 is 0. The third-order valence-corrected chi connectivity index (χ3v) is 2.64. The Morgan fingerprint density at radius 1 is 1.00 bits per heavy atom. The second-order valence-corrected chi connectivity index (χ2v) is 3.96. The molecule has 0 aromatic rings. The quantitative estimate of drug-likeness (QED) is 0.466. The van der Waals surface area contributed by atoms with E-state index in [1.54, 1.807) is 0 Å². The van der Waals surface area contributed by atoms with Crippen LogP contribution in [0.5, 0.6) is 0 Å². The van der Waals surface area contributed by atoms with Gasteiger partial charge in [-0.3, -0.25) is 0 Å². The fourth-order valence-electron chi connectivity index (χ4n) is 1.69. The van der Waals surface area contributed by atoms with Gasteiger partial charge in [-0.2, -0.15) is 0 Å². The summed E-state index contributed by atoms with van der Waals surface area (Å²) in [7, 11) is 0. The Balaban J connectivity index is 3.59. The second-order valence-electron chi connectivity index (χ2n) is 3.96. The molecule has 0 aromatic carbocycles. The van der Waals surface area contributed by atoms with Gasteiger partial charge in [-0.15, -0.1) is 0 Å². The number of hydrogen-bond donors (Lipinski definition) is 0. The smallest absolute Gasteiger partial charge is 0.0322 e. The Hall–Kier alpha value is -0.260. The van der Waals surface area contributed by atoms with Crippen LogP contribution in [0.2, 0.25) is 0 Å². The molecule has 0 rings (SSSR count). The molecule has 78 valence electrons. The lowest BCUT2D eigenvalue weighted by Crippen LogP contribution is -1.98. The predicted octanol–water partition coefficient (Wildman–Crippen LogP) is 4.95. The van der Waals surface area contributed by atoms with E-state index in [0.29, 0.717) is 0 Å². The molecule has 0 nitrogen and oxygen atoms in total. The molecule has 0 aromatic heterocycles. The van der Waals surface area contributed by atoms with Crippen LogP contribution in [-0.2, 0) is 0 Å². The second kappa shape index (κ2) is 9.83. The lowest BCUT2D eigenvalue weighted by molar-refractivity contribution is 0.423. The fourth-order valence-corrected chi connectivity index (χ4v) is 1.69. The largest absolute Gasteiger partial charge is 0.0917 e. The summed E-state index contributed by atoms with van der Waals surface area (Å²) in [5, 5.41) is 0. The minimum atomic E-state index is 0.955. The van der Waals surface area contributed by atoms with Gasteiger partial charge >= 0.3 is 0 Å². The van der Waals surface area contributed by atoms with Crippen molar-refractivity contribution in [2.24, 2.45) is 5.92 Å². The van der Waals surface area contributed by atoms with E-state index < -0.39 is 0 Å². The summed E-state index contributed by atoms with van der Waals surface area (Å²) in [5.41, 5.74) is 0. The molecular weight excluding hydrogens is 156 g/mol. The van der Waals surface area contributed by atoms with Crippen LogP contribution in [0.15, 0.2) is 12.2 Å². The standard InChI is InChI=1S/C13H26/c1-4-7-10-13(11-8-5-2)12-9-6-3/h4,7,13H,5-6,8-12H2,1-3H3. The monoisotopic (exact) mass is 182 g/mol. The molecule has 0 bridgehead atoms. The van der Waals surface area contributed by atoms with Crippen molar-refractivity contribution in [1.82, 2.24) is 0 Å². The molecule has 0 amide bonds. The van der Waals surface area contributed by atoms with E-state index in [4.69, 9.17) is 0 Å². The Labute approximate surface area is 84.4 Å². The first-order chi connectivity index (χ1) is 6.35. The van der Waals surface area contributed by atoms with Crippen molar-refractivity contribution in [2.45, 2.75) is 65.7 Å². The van der Waals surface area contributed by atoms with E-state index in [1.807, 2.05) is 0 Å². The minimum absolute atomic E-state index is 0.955. The Kier molecular flexibility index (Phi) is 9.63. The molecule has 0 aliphatic carbocycles. The van der Waals surface area contributed by atoms with Gasteiger partial charge in [0.15, 0.2) is 0 Å². The Morgan fingerprint density at radius 3 is 1.92 bits per heavy atom. The van der Waals surface area contributed by atoms with E-state index in [1.165, 1.54) is 44.9 Å². The first-order valence-corrected chi connectivity index (χ1v) is 5.96. The molecule has 0 saturated heterocycles. The van der Waals surface area contributed by atoms with E-state index in [9.17, 15) is 0 Å². The third kappa shape index (κ3) is 8.08. The molecule has 0 spiro atoms.